The molecule has 2 aliphatic rings. The van der Waals surface area contributed by atoms with Gasteiger partial charge in [0.25, 0.3) is 5.91 Å². The summed E-state index contributed by atoms with van der Waals surface area (Å²) in [5.41, 5.74) is 1.25. The Hall–Kier alpha value is -3.10. The van der Waals surface area contributed by atoms with Crippen LogP contribution in [0.3, 0.4) is 0 Å². The molecule has 1 saturated carbocycles. The third-order valence-corrected chi connectivity index (χ3v) is 8.54. The minimum atomic E-state index is -1.65. The van der Waals surface area contributed by atoms with E-state index in [-0.39, 0.29) is 36.7 Å². The van der Waals surface area contributed by atoms with Gasteiger partial charge >= 0.3 is 12.1 Å². The number of carbonyl (C=O) groups excluding carboxylic acids is 2. The van der Waals surface area contributed by atoms with Gasteiger partial charge in [0, 0.05) is 42.9 Å². The fourth-order valence-corrected chi connectivity index (χ4v) is 5.76. The molecule has 0 radical (unpaired) electrons. The van der Waals surface area contributed by atoms with Gasteiger partial charge in [-0.2, -0.15) is 0 Å². The van der Waals surface area contributed by atoms with Crippen LogP contribution < -0.4 is 0 Å². The summed E-state index contributed by atoms with van der Waals surface area (Å²) in [6, 6.07) is 3.94. The molecule has 0 spiro atoms. The number of fused-ring (bicyclic) bond motifs is 1. The lowest BCUT2D eigenvalue weighted by atomic mass is 9.72. The monoisotopic (exact) mass is 555 g/mol. The SMILES string of the molecule is CC1(C)CCC(c2cc(C(C)(C)C)c3oc(C(=O)N4CCN(C(=O)OC(C)(C)C(=O)O)CC4(C)C)cc3n2)CC1. The van der Waals surface area contributed by atoms with Crippen molar-refractivity contribution in [2.45, 2.75) is 110 Å². The molecular weight excluding hydrogens is 510 g/mol. The van der Waals surface area contributed by atoms with E-state index in [0.717, 1.165) is 24.1 Å². The highest BCUT2D eigenvalue weighted by atomic mass is 16.6. The Kier molecular flexibility index (Phi) is 7.52. The molecule has 0 bridgehead atoms. The number of hydrogen-bond donors (Lipinski definition) is 1. The molecule has 0 atom stereocenters. The van der Waals surface area contributed by atoms with E-state index in [1.54, 1.807) is 11.0 Å². The molecule has 0 aromatic carbocycles. The van der Waals surface area contributed by atoms with Crippen LogP contribution in [0.1, 0.15) is 116 Å². The van der Waals surface area contributed by atoms with Crippen molar-refractivity contribution >= 4 is 29.1 Å². The third-order valence-electron chi connectivity index (χ3n) is 8.54. The van der Waals surface area contributed by atoms with Crippen molar-refractivity contribution in [3.05, 3.63) is 29.2 Å². The van der Waals surface area contributed by atoms with E-state index < -0.39 is 23.2 Å². The fourth-order valence-electron chi connectivity index (χ4n) is 5.76. The number of aromatic nitrogens is 1. The van der Waals surface area contributed by atoms with Gasteiger partial charge in [-0.05, 0) is 70.3 Å². The summed E-state index contributed by atoms with van der Waals surface area (Å²) < 4.78 is 11.5. The Morgan fingerprint density at radius 2 is 1.65 bits per heavy atom. The van der Waals surface area contributed by atoms with E-state index >= 15 is 0 Å². The molecule has 3 heterocycles. The number of carbonyl (C=O) groups is 3. The van der Waals surface area contributed by atoms with E-state index in [1.165, 1.54) is 31.6 Å². The van der Waals surface area contributed by atoms with Crippen LogP contribution in [0.5, 0.6) is 0 Å². The van der Waals surface area contributed by atoms with Crippen molar-refractivity contribution in [1.29, 1.82) is 0 Å². The van der Waals surface area contributed by atoms with Crippen LogP contribution in [-0.2, 0) is 14.9 Å². The van der Waals surface area contributed by atoms with Crippen LogP contribution in [0.2, 0.25) is 0 Å². The number of hydrogen-bond acceptors (Lipinski definition) is 6. The molecule has 9 heteroatoms. The highest BCUT2D eigenvalue weighted by Gasteiger charge is 2.42. The van der Waals surface area contributed by atoms with E-state index in [4.69, 9.17) is 14.1 Å². The maximum atomic E-state index is 13.8. The first-order valence-corrected chi connectivity index (χ1v) is 14.3. The summed E-state index contributed by atoms with van der Waals surface area (Å²) in [5.74, 6) is -0.864. The Morgan fingerprint density at radius 1 is 1.02 bits per heavy atom. The second kappa shape index (κ2) is 10.1. The molecule has 220 valence electrons. The van der Waals surface area contributed by atoms with Gasteiger partial charge in [-0.15, -0.1) is 0 Å². The number of rotatable bonds is 4. The number of carboxylic acid groups (broad SMARTS) is 1. The molecule has 2 aromatic heterocycles. The molecule has 0 unspecified atom stereocenters. The van der Waals surface area contributed by atoms with Crippen LogP contribution in [0.4, 0.5) is 4.79 Å². The zero-order valence-corrected chi connectivity index (χ0v) is 25.5. The predicted octanol–water partition coefficient (Wildman–Crippen LogP) is 6.35. The van der Waals surface area contributed by atoms with Crippen LogP contribution in [0.25, 0.3) is 11.1 Å². The number of nitrogens with zero attached hydrogens (tertiary/aromatic N) is 3. The van der Waals surface area contributed by atoms with Crippen LogP contribution in [0.15, 0.2) is 16.5 Å². The van der Waals surface area contributed by atoms with Crippen molar-refractivity contribution in [2.75, 3.05) is 19.6 Å². The minimum absolute atomic E-state index is 0.196. The number of pyridine rings is 1. The maximum absolute atomic E-state index is 13.8. The average Bonchev–Trinajstić information content (AvgIpc) is 3.25. The summed E-state index contributed by atoms with van der Waals surface area (Å²) >= 11 is 0. The molecule has 2 aromatic rings. The van der Waals surface area contributed by atoms with Crippen LogP contribution >= 0.6 is 0 Å². The summed E-state index contributed by atoms with van der Waals surface area (Å²) in [5, 5.41) is 9.31. The highest BCUT2D eigenvalue weighted by Crippen LogP contribution is 2.43. The summed E-state index contributed by atoms with van der Waals surface area (Å²) in [6.45, 7) is 18.2. The van der Waals surface area contributed by atoms with E-state index in [9.17, 15) is 19.5 Å². The topological polar surface area (TPSA) is 113 Å². The molecule has 1 N–H and O–H groups in total. The quantitative estimate of drug-likeness (QED) is 0.468. The number of ether oxygens (including phenoxy) is 1. The van der Waals surface area contributed by atoms with Gasteiger partial charge in [-0.1, -0.05) is 34.6 Å². The molecule has 4 rings (SSSR count). The lowest BCUT2D eigenvalue weighted by molar-refractivity contribution is -0.156. The Bertz CT molecular complexity index is 1310. The average molecular weight is 556 g/mol. The van der Waals surface area contributed by atoms with Crippen molar-refractivity contribution in [2.24, 2.45) is 5.41 Å². The molecule has 1 aliphatic carbocycles. The largest absolute Gasteiger partial charge is 0.478 e. The van der Waals surface area contributed by atoms with E-state index in [0.29, 0.717) is 22.4 Å². The molecule has 9 nitrogen and oxygen atoms in total. The van der Waals surface area contributed by atoms with E-state index in [2.05, 4.69) is 40.7 Å². The van der Waals surface area contributed by atoms with Crippen molar-refractivity contribution in [3.8, 4) is 0 Å². The van der Waals surface area contributed by atoms with Crippen molar-refractivity contribution < 1.29 is 28.6 Å². The fraction of sp³-hybridized carbons (Fsp3) is 0.677. The number of piperazine rings is 1. The minimum Gasteiger partial charge on any atom is -0.478 e. The number of amides is 2. The van der Waals surface area contributed by atoms with Crippen LogP contribution in [-0.4, -0.2) is 68.6 Å². The molecule has 1 saturated heterocycles. The van der Waals surface area contributed by atoms with Gasteiger partial charge in [-0.25, -0.2) is 14.6 Å². The second-order valence-corrected chi connectivity index (χ2v) is 14.5. The van der Waals surface area contributed by atoms with Gasteiger partial charge in [-0.3, -0.25) is 4.79 Å². The first-order chi connectivity index (χ1) is 18.3. The number of aliphatic carboxylic acids is 1. The maximum Gasteiger partial charge on any atom is 0.411 e. The molecule has 2 amide bonds. The molecule has 1 aliphatic heterocycles. The lowest BCUT2D eigenvalue weighted by Crippen LogP contribution is -2.62. The lowest BCUT2D eigenvalue weighted by Gasteiger charge is -2.46. The zero-order chi connectivity index (χ0) is 29.8. The van der Waals surface area contributed by atoms with Gasteiger partial charge in [0.1, 0.15) is 5.52 Å². The first-order valence-electron chi connectivity index (χ1n) is 14.3. The van der Waals surface area contributed by atoms with Gasteiger partial charge in [0.15, 0.2) is 11.3 Å². The van der Waals surface area contributed by atoms with E-state index in [1.807, 2.05) is 13.8 Å². The Labute approximate surface area is 237 Å². The Balaban J connectivity index is 1.59. The standard InChI is InChI=1S/C31H45N3O6/c1-28(2,3)20-16-21(19-10-12-29(4,5)13-11-19)32-22-17-23(39-24(20)22)25(35)34-15-14-33(18-30(34,6)7)27(38)40-31(8,9)26(36)37/h16-17,19H,10-15,18H2,1-9H3,(H,36,37). The number of carboxylic acids is 1. The van der Waals surface area contributed by atoms with Crippen molar-refractivity contribution in [1.82, 2.24) is 14.8 Å². The summed E-state index contributed by atoms with van der Waals surface area (Å²) in [4.78, 5) is 46.1. The second-order valence-electron chi connectivity index (χ2n) is 14.5. The van der Waals surface area contributed by atoms with Gasteiger partial charge in [0.05, 0.1) is 5.54 Å². The van der Waals surface area contributed by atoms with Gasteiger partial charge in [0.2, 0.25) is 5.60 Å². The van der Waals surface area contributed by atoms with Crippen LogP contribution in [0, 0.1) is 5.41 Å². The molecule has 40 heavy (non-hydrogen) atoms. The third kappa shape index (κ3) is 5.98. The molecule has 2 fully saturated rings. The smallest absolute Gasteiger partial charge is 0.411 e. The van der Waals surface area contributed by atoms with Gasteiger partial charge < -0.3 is 24.1 Å². The normalized spacial score (nSPS) is 20.0. The summed E-state index contributed by atoms with van der Waals surface area (Å²) in [6.07, 6.45) is 3.82. The predicted molar refractivity (Wildman–Crippen MR) is 153 cm³/mol. The number of furan rings is 1. The van der Waals surface area contributed by atoms with Crippen molar-refractivity contribution in [3.63, 3.8) is 0 Å². The highest BCUT2D eigenvalue weighted by molar-refractivity contribution is 5.96. The molecular formula is C31H45N3O6. The Morgan fingerprint density at radius 3 is 2.20 bits per heavy atom. The summed E-state index contributed by atoms with van der Waals surface area (Å²) in [7, 11) is 0. The first kappa shape index (κ1) is 29.9. The zero-order valence-electron chi connectivity index (χ0n) is 25.5.